The number of allylic oxidation sites excluding steroid dienone is 3. The molecule has 0 radical (unpaired) electrons. The molecular formula is C15H14BrClN2O2S. The van der Waals surface area contributed by atoms with Gasteiger partial charge in [-0.2, -0.15) is 0 Å². The Balaban J connectivity index is 2.16. The molecule has 22 heavy (non-hydrogen) atoms. The Kier molecular flexibility index (Phi) is 3.95. The summed E-state index contributed by atoms with van der Waals surface area (Å²) in [5.74, 6) is 0.304. The Morgan fingerprint density at radius 1 is 1.45 bits per heavy atom. The van der Waals surface area contributed by atoms with Crippen molar-refractivity contribution in [1.82, 2.24) is 8.96 Å². The second-order valence-electron chi connectivity index (χ2n) is 5.49. The summed E-state index contributed by atoms with van der Waals surface area (Å²) in [6, 6.07) is 5.38. The first-order valence-corrected chi connectivity index (χ1v) is 9.45. The standard InChI is InChI=1S/C15H14BrClN2O2S/c1-15(8-11(10-17)7-13(16)9-15)22(20,21)19-6-4-12-3-2-5-18-14(12)19/h2-7,9H,8,10H2,1H3. The van der Waals surface area contributed by atoms with Crippen LogP contribution in [-0.4, -0.2) is 28.0 Å². The molecule has 0 saturated heterocycles. The molecule has 4 nitrogen and oxygen atoms in total. The zero-order valence-electron chi connectivity index (χ0n) is 11.8. The molecule has 0 fully saturated rings. The summed E-state index contributed by atoms with van der Waals surface area (Å²) < 4.78 is 27.3. The lowest BCUT2D eigenvalue weighted by atomic mass is 9.96. The van der Waals surface area contributed by atoms with Crippen molar-refractivity contribution in [3.8, 4) is 0 Å². The van der Waals surface area contributed by atoms with E-state index in [1.807, 2.05) is 12.1 Å². The maximum atomic E-state index is 13.2. The van der Waals surface area contributed by atoms with E-state index in [-0.39, 0.29) is 0 Å². The lowest BCUT2D eigenvalue weighted by molar-refractivity contribution is 0.551. The van der Waals surface area contributed by atoms with Crippen LogP contribution in [0.1, 0.15) is 13.3 Å². The van der Waals surface area contributed by atoms with Gasteiger partial charge in [-0.05, 0) is 43.7 Å². The summed E-state index contributed by atoms with van der Waals surface area (Å²) in [7, 11) is -3.67. The predicted octanol–water partition coefficient (Wildman–Crippen LogP) is 3.82. The number of pyridine rings is 1. The quantitative estimate of drug-likeness (QED) is 0.735. The monoisotopic (exact) mass is 400 g/mol. The van der Waals surface area contributed by atoms with Crippen molar-refractivity contribution in [2.24, 2.45) is 0 Å². The first kappa shape index (κ1) is 15.8. The highest BCUT2D eigenvalue weighted by Gasteiger charge is 2.41. The molecule has 1 atom stereocenters. The molecule has 2 heterocycles. The summed E-state index contributed by atoms with van der Waals surface area (Å²) in [5, 5.41) is 0.793. The van der Waals surface area contributed by atoms with Gasteiger partial charge in [0, 0.05) is 28.1 Å². The molecule has 0 spiro atoms. The normalized spacial score (nSPS) is 22.5. The van der Waals surface area contributed by atoms with Gasteiger partial charge < -0.3 is 0 Å². The zero-order valence-corrected chi connectivity index (χ0v) is 15.0. The van der Waals surface area contributed by atoms with E-state index in [4.69, 9.17) is 11.6 Å². The van der Waals surface area contributed by atoms with Gasteiger partial charge in [-0.25, -0.2) is 17.4 Å². The summed E-state index contributed by atoms with van der Waals surface area (Å²) in [4.78, 5) is 4.20. The smallest absolute Gasteiger partial charge is 0.237 e. The maximum absolute atomic E-state index is 13.2. The fourth-order valence-electron chi connectivity index (χ4n) is 2.69. The largest absolute Gasteiger partial charge is 0.249 e. The minimum absolute atomic E-state index is 0.304. The highest BCUT2D eigenvalue weighted by molar-refractivity contribution is 9.11. The summed E-state index contributed by atoms with van der Waals surface area (Å²) in [6.45, 7) is 1.71. The Morgan fingerprint density at radius 2 is 2.23 bits per heavy atom. The molecule has 0 saturated carbocycles. The van der Waals surface area contributed by atoms with Crippen LogP contribution < -0.4 is 0 Å². The van der Waals surface area contributed by atoms with Gasteiger partial charge in [0.15, 0.2) is 5.65 Å². The Labute approximate surface area is 142 Å². The molecule has 0 bridgehead atoms. The molecule has 0 N–H and O–H groups in total. The van der Waals surface area contributed by atoms with Gasteiger partial charge in [0.2, 0.25) is 10.0 Å². The van der Waals surface area contributed by atoms with E-state index in [0.29, 0.717) is 17.9 Å². The molecule has 2 aromatic heterocycles. The molecule has 1 aliphatic carbocycles. The molecule has 0 aliphatic heterocycles. The van der Waals surface area contributed by atoms with Crippen LogP contribution in [0.5, 0.6) is 0 Å². The lowest BCUT2D eigenvalue weighted by Crippen LogP contribution is -2.39. The molecule has 1 unspecified atom stereocenters. The van der Waals surface area contributed by atoms with E-state index in [1.165, 1.54) is 3.97 Å². The minimum Gasteiger partial charge on any atom is -0.237 e. The van der Waals surface area contributed by atoms with E-state index in [0.717, 1.165) is 15.4 Å². The number of nitrogens with zero attached hydrogens (tertiary/aromatic N) is 2. The maximum Gasteiger partial charge on any atom is 0.249 e. The Hall–Kier alpha value is -1.11. The van der Waals surface area contributed by atoms with Crippen LogP contribution in [0.3, 0.4) is 0 Å². The van der Waals surface area contributed by atoms with Crippen molar-refractivity contribution in [2.75, 3.05) is 5.88 Å². The van der Waals surface area contributed by atoms with Crippen LogP contribution >= 0.6 is 27.5 Å². The van der Waals surface area contributed by atoms with Gasteiger partial charge in [-0.15, -0.1) is 11.6 Å². The van der Waals surface area contributed by atoms with E-state index < -0.39 is 14.8 Å². The van der Waals surface area contributed by atoms with Crippen molar-refractivity contribution in [1.29, 1.82) is 0 Å². The van der Waals surface area contributed by atoms with E-state index in [1.54, 1.807) is 37.5 Å². The number of aromatic nitrogens is 2. The molecular weight excluding hydrogens is 388 g/mol. The molecule has 7 heteroatoms. The zero-order chi connectivity index (χ0) is 16.0. The van der Waals surface area contributed by atoms with Crippen LogP contribution in [0.25, 0.3) is 11.0 Å². The van der Waals surface area contributed by atoms with Crippen molar-refractivity contribution in [3.05, 3.63) is 52.8 Å². The van der Waals surface area contributed by atoms with Crippen molar-refractivity contribution < 1.29 is 8.42 Å². The fourth-order valence-corrected chi connectivity index (χ4v) is 5.54. The molecule has 3 rings (SSSR count). The van der Waals surface area contributed by atoms with Gasteiger partial charge in [0.25, 0.3) is 0 Å². The van der Waals surface area contributed by atoms with Crippen LogP contribution in [0, 0.1) is 0 Å². The van der Waals surface area contributed by atoms with Crippen LogP contribution in [0.2, 0.25) is 0 Å². The lowest BCUT2D eigenvalue weighted by Gasteiger charge is -2.30. The first-order chi connectivity index (χ1) is 10.4. The highest BCUT2D eigenvalue weighted by atomic mass is 79.9. The van der Waals surface area contributed by atoms with Gasteiger partial charge in [0.05, 0.1) is 0 Å². The molecule has 0 amide bonds. The van der Waals surface area contributed by atoms with Crippen molar-refractivity contribution in [3.63, 3.8) is 0 Å². The van der Waals surface area contributed by atoms with Crippen LogP contribution in [-0.2, 0) is 10.0 Å². The number of hydrogen-bond donors (Lipinski definition) is 0. The number of rotatable bonds is 3. The number of halogens is 2. The van der Waals surface area contributed by atoms with Gasteiger partial charge in [-0.1, -0.05) is 21.5 Å². The Morgan fingerprint density at radius 3 is 2.95 bits per heavy atom. The third-order valence-corrected chi connectivity index (χ3v) is 6.85. The van der Waals surface area contributed by atoms with E-state index in [9.17, 15) is 8.42 Å². The summed E-state index contributed by atoms with van der Waals surface area (Å²) in [6.07, 6.45) is 7.09. The fraction of sp³-hybridized carbons (Fsp3) is 0.267. The third-order valence-electron chi connectivity index (χ3n) is 3.80. The molecule has 116 valence electrons. The average molecular weight is 402 g/mol. The molecule has 2 aromatic rings. The topological polar surface area (TPSA) is 52.0 Å². The second kappa shape index (κ2) is 5.51. The van der Waals surface area contributed by atoms with Gasteiger partial charge in [-0.3, -0.25) is 0 Å². The summed E-state index contributed by atoms with van der Waals surface area (Å²) >= 11 is 9.30. The van der Waals surface area contributed by atoms with Gasteiger partial charge >= 0.3 is 0 Å². The van der Waals surface area contributed by atoms with Crippen molar-refractivity contribution >= 4 is 48.6 Å². The first-order valence-electron chi connectivity index (χ1n) is 6.68. The van der Waals surface area contributed by atoms with Crippen molar-refractivity contribution in [2.45, 2.75) is 18.1 Å². The van der Waals surface area contributed by atoms with E-state index >= 15 is 0 Å². The third kappa shape index (κ3) is 2.43. The molecule has 1 aliphatic rings. The van der Waals surface area contributed by atoms with Crippen LogP contribution in [0.4, 0.5) is 0 Å². The van der Waals surface area contributed by atoms with Gasteiger partial charge in [0.1, 0.15) is 4.75 Å². The average Bonchev–Trinajstić information content (AvgIpc) is 2.90. The predicted molar refractivity (Wildman–Crippen MR) is 92.9 cm³/mol. The number of fused-ring (bicyclic) bond motifs is 1. The second-order valence-corrected chi connectivity index (χ2v) is 8.95. The Bertz CT molecular complexity index is 901. The SMILES string of the molecule is CC1(S(=O)(=O)n2ccc3cccnc32)C=C(Br)C=C(CCl)C1. The molecule has 0 aromatic carbocycles. The number of alkyl halides is 1. The number of hydrogen-bond acceptors (Lipinski definition) is 3. The highest BCUT2D eigenvalue weighted by Crippen LogP contribution is 2.37. The summed E-state index contributed by atoms with van der Waals surface area (Å²) in [5.41, 5.74) is 1.32. The minimum atomic E-state index is -3.67. The van der Waals surface area contributed by atoms with Crippen LogP contribution in [0.15, 0.2) is 52.8 Å². The van der Waals surface area contributed by atoms with E-state index in [2.05, 4.69) is 20.9 Å².